The highest BCUT2D eigenvalue weighted by molar-refractivity contribution is 6.30. The van der Waals surface area contributed by atoms with E-state index in [-0.39, 0.29) is 11.9 Å². The van der Waals surface area contributed by atoms with Gasteiger partial charge in [-0.25, -0.2) is 9.97 Å². The summed E-state index contributed by atoms with van der Waals surface area (Å²) in [5.74, 6) is 0.329. The van der Waals surface area contributed by atoms with Gasteiger partial charge >= 0.3 is 0 Å². The van der Waals surface area contributed by atoms with Gasteiger partial charge in [-0.15, -0.1) is 0 Å². The summed E-state index contributed by atoms with van der Waals surface area (Å²) in [5, 5.41) is 6.78. The van der Waals surface area contributed by atoms with Crippen molar-refractivity contribution >= 4 is 29.1 Å². The number of carbonyl (C=O) groups is 1. The van der Waals surface area contributed by atoms with Gasteiger partial charge in [-0.1, -0.05) is 30.5 Å². The van der Waals surface area contributed by atoms with Crippen LogP contribution >= 0.6 is 11.6 Å². The SMILES string of the molecule is Cc1ccc(Cl)cc1Nc1ncc(C(=O)NC2CCCC2)cn1. The molecule has 0 radical (unpaired) electrons. The highest BCUT2D eigenvalue weighted by Gasteiger charge is 2.18. The standard InChI is InChI=1S/C17H19ClN4O/c1-11-6-7-13(18)8-15(11)22-17-19-9-12(10-20-17)16(23)21-14-4-2-3-5-14/h6-10,14H,2-5H2,1H3,(H,21,23)(H,19,20,22). The maximum Gasteiger partial charge on any atom is 0.254 e. The quantitative estimate of drug-likeness (QED) is 0.893. The second-order valence-electron chi connectivity index (χ2n) is 5.83. The van der Waals surface area contributed by atoms with E-state index in [9.17, 15) is 4.79 Å². The Kier molecular flexibility index (Phi) is 4.76. The third kappa shape index (κ3) is 3.99. The molecule has 0 atom stereocenters. The van der Waals surface area contributed by atoms with E-state index in [4.69, 9.17) is 11.6 Å². The van der Waals surface area contributed by atoms with Crippen molar-refractivity contribution < 1.29 is 4.79 Å². The second kappa shape index (κ2) is 6.96. The molecule has 0 unspecified atom stereocenters. The number of aryl methyl sites for hydroxylation is 1. The number of nitrogens with one attached hydrogen (secondary N) is 2. The van der Waals surface area contributed by atoms with Gasteiger partial charge in [0.15, 0.2) is 0 Å². The molecule has 1 fully saturated rings. The van der Waals surface area contributed by atoms with E-state index in [0.717, 1.165) is 24.1 Å². The van der Waals surface area contributed by atoms with E-state index in [0.29, 0.717) is 16.5 Å². The Morgan fingerprint density at radius 1 is 1.22 bits per heavy atom. The average molecular weight is 331 g/mol. The van der Waals surface area contributed by atoms with Crippen LogP contribution in [0.5, 0.6) is 0 Å². The number of rotatable bonds is 4. The summed E-state index contributed by atoms with van der Waals surface area (Å²) in [5.41, 5.74) is 2.37. The minimum absolute atomic E-state index is 0.109. The normalized spacial score (nSPS) is 14.7. The molecular weight excluding hydrogens is 312 g/mol. The number of halogens is 1. The number of carbonyl (C=O) groups excluding carboxylic acids is 1. The predicted molar refractivity (Wildman–Crippen MR) is 91.2 cm³/mol. The zero-order chi connectivity index (χ0) is 16.2. The van der Waals surface area contributed by atoms with Crippen LogP contribution in [0, 0.1) is 6.92 Å². The van der Waals surface area contributed by atoms with Crippen molar-refractivity contribution in [2.45, 2.75) is 38.6 Å². The third-order valence-electron chi connectivity index (χ3n) is 4.05. The van der Waals surface area contributed by atoms with Crippen LogP contribution in [0.15, 0.2) is 30.6 Å². The minimum atomic E-state index is -0.109. The fourth-order valence-electron chi connectivity index (χ4n) is 2.70. The molecule has 1 aromatic carbocycles. The maximum atomic E-state index is 12.1. The molecular formula is C17H19ClN4O. The predicted octanol–water partition coefficient (Wildman–Crippen LogP) is 3.85. The van der Waals surface area contributed by atoms with E-state index in [1.807, 2.05) is 25.1 Å². The molecule has 1 heterocycles. The Morgan fingerprint density at radius 2 is 1.91 bits per heavy atom. The molecule has 1 aliphatic rings. The monoisotopic (exact) mass is 330 g/mol. The van der Waals surface area contributed by atoms with Gasteiger partial charge in [0.1, 0.15) is 0 Å². The first-order valence-electron chi connectivity index (χ1n) is 7.78. The molecule has 0 saturated heterocycles. The van der Waals surface area contributed by atoms with E-state index in [1.54, 1.807) is 12.4 Å². The second-order valence-corrected chi connectivity index (χ2v) is 6.27. The van der Waals surface area contributed by atoms with Gasteiger partial charge in [-0.3, -0.25) is 4.79 Å². The molecule has 0 bridgehead atoms. The summed E-state index contributed by atoms with van der Waals surface area (Å²) in [7, 11) is 0. The molecule has 1 saturated carbocycles. The van der Waals surface area contributed by atoms with Crippen molar-refractivity contribution in [3.8, 4) is 0 Å². The summed E-state index contributed by atoms with van der Waals surface area (Å²) in [6.07, 6.45) is 7.56. The lowest BCUT2D eigenvalue weighted by atomic mass is 10.2. The number of aromatic nitrogens is 2. The molecule has 0 aliphatic heterocycles. The first-order valence-corrected chi connectivity index (χ1v) is 8.16. The summed E-state index contributed by atoms with van der Waals surface area (Å²) in [6.45, 7) is 1.97. The van der Waals surface area contributed by atoms with E-state index in [2.05, 4.69) is 20.6 Å². The molecule has 5 nitrogen and oxygen atoms in total. The Labute approximate surface area is 140 Å². The van der Waals surface area contributed by atoms with Crippen molar-refractivity contribution in [3.63, 3.8) is 0 Å². The Hall–Kier alpha value is -2.14. The van der Waals surface area contributed by atoms with Crippen LogP contribution in [0.1, 0.15) is 41.6 Å². The zero-order valence-electron chi connectivity index (χ0n) is 13.0. The van der Waals surface area contributed by atoms with Gasteiger partial charge < -0.3 is 10.6 Å². The molecule has 1 amide bonds. The van der Waals surface area contributed by atoms with Crippen LogP contribution in [0.3, 0.4) is 0 Å². The van der Waals surface area contributed by atoms with Crippen LogP contribution in [0.2, 0.25) is 5.02 Å². The molecule has 23 heavy (non-hydrogen) atoms. The largest absolute Gasteiger partial charge is 0.349 e. The van der Waals surface area contributed by atoms with Crippen molar-refractivity contribution in [1.29, 1.82) is 0 Å². The van der Waals surface area contributed by atoms with Crippen LogP contribution in [0.4, 0.5) is 11.6 Å². The van der Waals surface area contributed by atoms with Crippen molar-refractivity contribution in [3.05, 3.63) is 46.7 Å². The first-order chi connectivity index (χ1) is 11.1. The lowest BCUT2D eigenvalue weighted by Gasteiger charge is -2.12. The molecule has 3 rings (SSSR count). The lowest BCUT2D eigenvalue weighted by molar-refractivity contribution is 0.0937. The smallest absolute Gasteiger partial charge is 0.254 e. The number of anilines is 2. The van der Waals surface area contributed by atoms with E-state index >= 15 is 0 Å². The van der Waals surface area contributed by atoms with Crippen molar-refractivity contribution in [1.82, 2.24) is 15.3 Å². The van der Waals surface area contributed by atoms with Gasteiger partial charge in [0.2, 0.25) is 5.95 Å². The molecule has 120 valence electrons. The number of hydrogen-bond acceptors (Lipinski definition) is 4. The zero-order valence-corrected chi connectivity index (χ0v) is 13.7. The van der Waals surface area contributed by atoms with E-state index < -0.39 is 0 Å². The van der Waals surface area contributed by atoms with Gasteiger partial charge in [0.25, 0.3) is 5.91 Å². The Morgan fingerprint density at radius 3 is 2.61 bits per heavy atom. The van der Waals surface area contributed by atoms with E-state index in [1.165, 1.54) is 12.8 Å². The summed E-state index contributed by atoms with van der Waals surface area (Å²) in [6, 6.07) is 5.86. The number of benzene rings is 1. The van der Waals surface area contributed by atoms with Crippen LogP contribution < -0.4 is 10.6 Å². The maximum absolute atomic E-state index is 12.1. The Balaban J connectivity index is 1.66. The molecule has 2 aromatic rings. The van der Waals surface area contributed by atoms with Crippen molar-refractivity contribution in [2.75, 3.05) is 5.32 Å². The Bertz CT molecular complexity index is 696. The van der Waals surface area contributed by atoms with Gasteiger partial charge in [-0.05, 0) is 37.5 Å². The number of hydrogen-bond donors (Lipinski definition) is 2. The average Bonchev–Trinajstić information content (AvgIpc) is 3.04. The lowest BCUT2D eigenvalue weighted by Crippen LogP contribution is -2.32. The first kappa shape index (κ1) is 15.7. The fourth-order valence-corrected chi connectivity index (χ4v) is 2.87. The van der Waals surface area contributed by atoms with Gasteiger partial charge in [0, 0.05) is 29.1 Å². The van der Waals surface area contributed by atoms with Crippen LogP contribution in [-0.2, 0) is 0 Å². The highest BCUT2D eigenvalue weighted by atomic mass is 35.5. The van der Waals surface area contributed by atoms with Crippen molar-refractivity contribution in [2.24, 2.45) is 0 Å². The molecule has 6 heteroatoms. The van der Waals surface area contributed by atoms with Gasteiger partial charge in [-0.2, -0.15) is 0 Å². The molecule has 1 aliphatic carbocycles. The molecule has 0 spiro atoms. The molecule has 2 N–H and O–H groups in total. The highest BCUT2D eigenvalue weighted by Crippen LogP contribution is 2.22. The summed E-state index contributed by atoms with van der Waals surface area (Å²) in [4.78, 5) is 20.6. The third-order valence-corrected chi connectivity index (χ3v) is 4.29. The fraction of sp³-hybridized carbons (Fsp3) is 0.353. The van der Waals surface area contributed by atoms with Crippen LogP contribution in [0.25, 0.3) is 0 Å². The summed E-state index contributed by atoms with van der Waals surface area (Å²) >= 11 is 6.00. The van der Waals surface area contributed by atoms with Crippen LogP contribution in [-0.4, -0.2) is 21.9 Å². The summed E-state index contributed by atoms with van der Waals surface area (Å²) < 4.78 is 0. The minimum Gasteiger partial charge on any atom is -0.349 e. The topological polar surface area (TPSA) is 66.9 Å². The number of nitrogens with zero attached hydrogens (tertiary/aromatic N) is 2. The number of amides is 1. The molecule has 1 aromatic heterocycles. The van der Waals surface area contributed by atoms with Gasteiger partial charge in [0.05, 0.1) is 5.56 Å².